The zero-order chi connectivity index (χ0) is 24.1. The van der Waals surface area contributed by atoms with Crippen LogP contribution < -0.4 is 4.74 Å². The maximum absolute atomic E-state index is 15.1. The Kier molecular flexibility index (Phi) is 5.44. The summed E-state index contributed by atoms with van der Waals surface area (Å²) in [6, 6.07) is 5.29. The normalized spacial score (nSPS) is 20.3. The van der Waals surface area contributed by atoms with E-state index in [1.165, 1.54) is 26.0 Å². The van der Waals surface area contributed by atoms with Gasteiger partial charge in [-0.1, -0.05) is 0 Å². The van der Waals surface area contributed by atoms with E-state index in [9.17, 15) is 0 Å². The molecule has 0 amide bonds. The molecule has 0 radical (unpaired) electrons. The van der Waals surface area contributed by atoms with Crippen LogP contribution in [0.2, 0.25) is 0 Å². The van der Waals surface area contributed by atoms with Crippen LogP contribution >= 0.6 is 0 Å². The van der Waals surface area contributed by atoms with E-state index in [2.05, 4.69) is 21.3 Å². The molecule has 0 spiro atoms. The second kappa shape index (κ2) is 8.64. The first kappa shape index (κ1) is 22.0. The topological polar surface area (TPSA) is 87.8 Å². The summed E-state index contributed by atoms with van der Waals surface area (Å²) in [5.41, 5.74) is 4.42. The lowest BCUT2D eigenvalue weighted by Crippen LogP contribution is -2.20. The highest BCUT2D eigenvalue weighted by atomic mass is 19.1. The Morgan fingerprint density at radius 3 is 2.66 bits per heavy atom. The highest BCUT2D eigenvalue weighted by Crippen LogP contribution is 2.40. The zero-order valence-electron chi connectivity index (χ0n) is 20.0. The maximum atomic E-state index is 15.1. The summed E-state index contributed by atoms with van der Waals surface area (Å²) in [7, 11) is 1.51. The Labute approximate surface area is 202 Å². The van der Waals surface area contributed by atoms with Crippen LogP contribution in [-0.4, -0.2) is 43.4 Å². The van der Waals surface area contributed by atoms with Crippen molar-refractivity contribution in [3.8, 4) is 17.0 Å². The fraction of sp³-hybridized carbons (Fsp3) is 0.423. The number of aromatic nitrogens is 6. The van der Waals surface area contributed by atoms with Gasteiger partial charge in [-0.2, -0.15) is 5.10 Å². The number of nitrogens with zero attached hydrogens (tertiary/aromatic N) is 6. The molecule has 35 heavy (non-hydrogen) atoms. The quantitative estimate of drug-likeness (QED) is 0.401. The van der Waals surface area contributed by atoms with E-state index >= 15 is 4.39 Å². The fourth-order valence-electron chi connectivity index (χ4n) is 4.64. The lowest BCUT2D eigenvalue weighted by atomic mass is 9.92. The van der Waals surface area contributed by atoms with Crippen LogP contribution in [0.4, 0.5) is 4.39 Å². The third-order valence-electron chi connectivity index (χ3n) is 6.95. The van der Waals surface area contributed by atoms with Gasteiger partial charge in [0.25, 0.3) is 0 Å². The number of ether oxygens (including phenoxy) is 2. The number of rotatable bonds is 5. The van der Waals surface area contributed by atoms with Crippen molar-refractivity contribution in [3.63, 3.8) is 0 Å². The van der Waals surface area contributed by atoms with Crippen molar-refractivity contribution in [2.75, 3.05) is 13.7 Å². The van der Waals surface area contributed by atoms with Crippen molar-refractivity contribution in [2.24, 2.45) is 0 Å². The monoisotopic (exact) mass is 474 g/mol. The van der Waals surface area contributed by atoms with Crippen LogP contribution in [0, 0.1) is 19.7 Å². The molecule has 8 nitrogen and oxygen atoms in total. The number of aryl methyl sites for hydroxylation is 2. The Balaban J connectivity index is 1.41. The van der Waals surface area contributed by atoms with E-state index in [4.69, 9.17) is 19.4 Å². The molecule has 1 aliphatic carbocycles. The van der Waals surface area contributed by atoms with E-state index in [0.29, 0.717) is 46.6 Å². The van der Waals surface area contributed by atoms with Gasteiger partial charge in [0, 0.05) is 35.9 Å². The molecule has 1 saturated heterocycles. The minimum atomic E-state index is -0.423. The molecule has 9 heteroatoms. The largest absolute Gasteiger partial charge is 0.497 e. The molecule has 0 N–H and O–H groups in total. The van der Waals surface area contributed by atoms with Crippen molar-refractivity contribution < 1.29 is 13.9 Å². The van der Waals surface area contributed by atoms with E-state index in [1.807, 2.05) is 24.7 Å². The van der Waals surface area contributed by atoms with Crippen LogP contribution in [-0.2, 0) is 4.74 Å². The van der Waals surface area contributed by atoms with Gasteiger partial charge in [0.15, 0.2) is 5.65 Å². The summed E-state index contributed by atoms with van der Waals surface area (Å²) < 4.78 is 28.5. The minimum absolute atomic E-state index is 0.0471. The molecule has 1 saturated carbocycles. The lowest BCUT2D eigenvalue weighted by molar-refractivity contribution is 0.00396. The van der Waals surface area contributed by atoms with Gasteiger partial charge in [-0.3, -0.25) is 4.68 Å². The van der Waals surface area contributed by atoms with Gasteiger partial charge in [-0.25, -0.2) is 24.3 Å². The van der Waals surface area contributed by atoms with Gasteiger partial charge < -0.3 is 9.47 Å². The second-order valence-corrected chi connectivity index (χ2v) is 9.41. The number of hydrogen-bond acceptors (Lipinski definition) is 7. The van der Waals surface area contributed by atoms with E-state index < -0.39 is 5.82 Å². The van der Waals surface area contributed by atoms with E-state index in [0.717, 1.165) is 29.8 Å². The first-order valence-electron chi connectivity index (χ1n) is 12.0. The highest BCUT2D eigenvalue weighted by Gasteiger charge is 2.31. The second-order valence-electron chi connectivity index (χ2n) is 9.41. The Hall–Kier alpha value is -3.46. The Bertz CT molecular complexity index is 1420. The van der Waals surface area contributed by atoms with Crippen molar-refractivity contribution in [3.05, 3.63) is 59.2 Å². The molecule has 6 rings (SSSR count). The SMILES string of the molecule is COc1ccc(-c2nc([C@@H]3CCO[C@H](c4cnn(C5CC5)c4)C3)nc3nc(C)c(C)nc23)c(F)c1. The van der Waals surface area contributed by atoms with Gasteiger partial charge in [-0.15, -0.1) is 0 Å². The summed E-state index contributed by atoms with van der Waals surface area (Å²) in [5.74, 6) is 0.712. The molecule has 0 bridgehead atoms. The van der Waals surface area contributed by atoms with Crippen LogP contribution in [0.1, 0.15) is 66.5 Å². The number of fused-ring (bicyclic) bond motifs is 1. The predicted molar refractivity (Wildman–Crippen MR) is 128 cm³/mol. The number of halogens is 1. The smallest absolute Gasteiger partial charge is 0.182 e. The van der Waals surface area contributed by atoms with Crippen LogP contribution in [0.5, 0.6) is 5.75 Å². The molecular formula is C26H27FN6O2. The van der Waals surface area contributed by atoms with E-state index in [1.54, 1.807) is 12.1 Å². The lowest BCUT2D eigenvalue weighted by Gasteiger charge is -2.28. The minimum Gasteiger partial charge on any atom is -0.497 e. The molecule has 2 fully saturated rings. The molecule has 2 atom stereocenters. The Morgan fingerprint density at radius 1 is 1.06 bits per heavy atom. The molecule has 2 aliphatic rings. The maximum Gasteiger partial charge on any atom is 0.182 e. The molecule has 1 aliphatic heterocycles. The zero-order valence-corrected chi connectivity index (χ0v) is 20.0. The standard InChI is InChI=1S/C26H27FN6O2/c1-14-15(2)30-26-24(29-14)23(20-7-6-19(34-3)11-21(20)27)31-25(32-26)16-8-9-35-22(10-16)17-12-28-33(13-17)18-4-5-18/h6-7,11-13,16,18,22H,4-5,8-10H2,1-3H3/t16-,22+/m1/s1. The van der Waals surface area contributed by atoms with Crippen molar-refractivity contribution in [2.45, 2.75) is 57.6 Å². The molecule has 4 heterocycles. The number of methoxy groups -OCH3 is 1. The van der Waals surface area contributed by atoms with Gasteiger partial charge >= 0.3 is 0 Å². The fourth-order valence-corrected chi connectivity index (χ4v) is 4.64. The van der Waals surface area contributed by atoms with Gasteiger partial charge in [0.1, 0.15) is 28.6 Å². The number of hydrogen-bond donors (Lipinski definition) is 0. The molecule has 4 aromatic rings. The van der Waals surface area contributed by atoms with Crippen LogP contribution in [0.25, 0.3) is 22.4 Å². The summed E-state index contributed by atoms with van der Waals surface area (Å²) >= 11 is 0. The third-order valence-corrected chi connectivity index (χ3v) is 6.95. The van der Waals surface area contributed by atoms with Gasteiger partial charge in [0.2, 0.25) is 0 Å². The van der Waals surface area contributed by atoms with Crippen molar-refractivity contribution in [1.82, 2.24) is 29.7 Å². The summed E-state index contributed by atoms with van der Waals surface area (Å²) in [5, 5.41) is 4.52. The molecular weight excluding hydrogens is 447 g/mol. The highest BCUT2D eigenvalue weighted by molar-refractivity contribution is 5.87. The van der Waals surface area contributed by atoms with Crippen molar-refractivity contribution >= 4 is 11.2 Å². The predicted octanol–water partition coefficient (Wildman–Crippen LogP) is 5.02. The molecule has 1 aromatic carbocycles. The average Bonchev–Trinajstić information content (AvgIpc) is 3.60. The van der Waals surface area contributed by atoms with Gasteiger partial charge in [0.05, 0.1) is 36.8 Å². The first-order valence-corrected chi connectivity index (χ1v) is 12.0. The third kappa shape index (κ3) is 4.14. The van der Waals surface area contributed by atoms with Crippen LogP contribution in [0.15, 0.2) is 30.6 Å². The average molecular weight is 475 g/mol. The molecule has 0 unspecified atom stereocenters. The van der Waals surface area contributed by atoms with Crippen LogP contribution in [0.3, 0.4) is 0 Å². The van der Waals surface area contributed by atoms with E-state index in [-0.39, 0.29) is 12.0 Å². The van der Waals surface area contributed by atoms with Crippen molar-refractivity contribution in [1.29, 1.82) is 0 Å². The summed E-state index contributed by atoms with van der Waals surface area (Å²) in [6.45, 7) is 4.38. The van der Waals surface area contributed by atoms with Gasteiger partial charge in [-0.05, 0) is 51.7 Å². The Morgan fingerprint density at radius 2 is 1.89 bits per heavy atom. The first-order chi connectivity index (χ1) is 17.0. The summed E-state index contributed by atoms with van der Waals surface area (Å²) in [4.78, 5) is 19.1. The molecule has 3 aromatic heterocycles. The number of benzene rings is 1. The summed E-state index contributed by atoms with van der Waals surface area (Å²) in [6.07, 6.45) is 7.80. The molecule has 180 valence electrons.